The van der Waals surface area contributed by atoms with Gasteiger partial charge < -0.3 is 10.2 Å². The molecule has 0 bridgehead atoms. The average Bonchev–Trinajstić information content (AvgIpc) is 2.65. The summed E-state index contributed by atoms with van der Waals surface area (Å²) in [7, 11) is 0. The smallest absolute Gasteiger partial charge is 0.0412 e. The minimum Gasteiger partial charge on any atom is -0.370 e. The van der Waals surface area contributed by atoms with Crippen molar-refractivity contribution in [2.75, 3.05) is 29.5 Å². The molecule has 1 atom stereocenters. The molecule has 2 nitrogen and oxygen atoms in total. The van der Waals surface area contributed by atoms with Crippen molar-refractivity contribution in [2.24, 2.45) is 0 Å². The van der Waals surface area contributed by atoms with E-state index in [0.717, 1.165) is 13.1 Å². The summed E-state index contributed by atoms with van der Waals surface area (Å²) in [6.45, 7) is 7.88. The standard InChI is InChI=1S/C17H28N2S/c1-3-8-16-14-19(11-7-12-20-4-2)17-10-6-5-9-15(17)13-18-16/h5-6,9-10,16,18H,3-4,7-8,11-14H2,1-2H3. The Morgan fingerprint density at radius 1 is 1.30 bits per heavy atom. The first kappa shape index (κ1) is 15.7. The highest BCUT2D eigenvalue weighted by atomic mass is 32.2. The molecule has 0 fully saturated rings. The summed E-state index contributed by atoms with van der Waals surface area (Å²) in [6, 6.07) is 9.52. The molecule has 0 spiro atoms. The number of rotatable bonds is 7. The summed E-state index contributed by atoms with van der Waals surface area (Å²) < 4.78 is 0. The van der Waals surface area contributed by atoms with E-state index >= 15 is 0 Å². The van der Waals surface area contributed by atoms with Crippen LogP contribution < -0.4 is 10.2 Å². The van der Waals surface area contributed by atoms with Crippen molar-refractivity contribution in [2.45, 2.75) is 45.7 Å². The minimum atomic E-state index is 0.631. The molecule has 112 valence electrons. The van der Waals surface area contributed by atoms with Gasteiger partial charge in [-0.3, -0.25) is 0 Å². The Hall–Kier alpha value is -0.670. The fraction of sp³-hybridized carbons (Fsp3) is 0.647. The number of hydrogen-bond donors (Lipinski definition) is 1. The van der Waals surface area contributed by atoms with Crippen LogP contribution in [0.3, 0.4) is 0 Å². The summed E-state index contributed by atoms with van der Waals surface area (Å²) in [5.74, 6) is 2.51. The molecule has 1 aromatic rings. The first-order valence-corrected chi connectivity index (χ1v) is 9.14. The molecule has 3 heteroatoms. The molecule has 2 rings (SSSR count). The third-order valence-corrected chi connectivity index (χ3v) is 4.90. The lowest BCUT2D eigenvalue weighted by molar-refractivity contribution is 0.480. The maximum absolute atomic E-state index is 3.72. The largest absolute Gasteiger partial charge is 0.370 e. The van der Waals surface area contributed by atoms with Crippen LogP contribution in [0.1, 0.15) is 38.7 Å². The maximum Gasteiger partial charge on any atom is 0.0412 e. The van der Waals surface area contributed by atoms with Crippen LogP contribution in [0.2, 0.25) is 0 Å². The quantitative estimate of drug-likeness (QED) is 0.767. The highest BCUT2D eigenvalue weighted by molar-refractivity contribution is 7.99. The van der Waals surface area contributed by atoms with Crippen molar-refractivity contribution >= 4 is 17.4 Å². The second kappa shape index (κ2) is 8.58. The van der Waals surface area contributed by atoms with Gasteiger partial charge in [-0.15, -0.1) is 0 Å². The van der Waals surface area contributed by atoms with Gasteiger partial charge in [0.05, 0.1) is 0 Å². The third-order valence-electron chi connectivity index (χ3n) is 3.91. The van der Waals surface area contributed by atoms with Crippen molar-refractivity contribution in [1.82, 2.24) is 5.32 Å². The van der Waals surface area contributed by atoms with Crippen molar-refractivity contribution in [3.63, 3.8) is 0 Å². The van der Waals surface area contributed by atoms with Gasteiger partial charge in [0.1, 0.15) is 0 Å². The van der Waals surface area contributed by atoms with Crippen LogP contribution in [-0.4, -0.2) is 30.6 Å². The molecule has 1 aromatic carbocycles. The van der Waals surface area contributed by atoms with E-state index in [9.17, 15) is 0 Å². The lowest BCUT2D eigenvalue weighted by Crippen LogP contribution is -2.38. The van der Waals surface area contributed by atoms with Gasteiger partial charge in [-0.25, -0.2) is 0 Å². The molecule has 0 radical (unpaired) electrons. The van der Waals surface area contributed by atoms with Crippen LogP contribution in [0.4, 0.5) is 5.69 Å². The van der Waals surface area contributed by atoms with Gasteiger partial charge >= 0.3 is 0 Å². The van der Waals surface area contributed by atoms with Crippen LogP contribution in [0.25, 0.3) is 0 Å². The lowest BCUT2D eigenvalue weighted by atomic mass is 10.1. The fourth-order valence-electron chi connectivity index (χ4n) is 2.91. The number of thioether (sulfide) groups is 1. The first-order chi connectivity index (χ1) is 9.85. The molecule has 0 saturated carbocycles. The Morgan fingerprint density at radius 3 is 2.95 bits per heavy atom. The molecule has 0 aromatic heterocycles. The Bertz CT molecular complexity index is 394. The molecule has 1 aliphatic rings. The van der Waals surface area contributed by atoms with Crippen molar-refractivity contribution in [3.8, 4) is 0 Å². The van der Waals surface area contributed by atoms with Crippen LogP contribution in [0.15, 0.2) is 24.3 Å². The summed E-state index contributed by atoms with van der Waals surface area (Å²) >= 11 is 2.05. The second-order valence-electron chi connectivity index (χ2n) is 5.49. The predicted molar refractivity (Wildman–Crippen MR) is 91.8 cm³/mol. The van der Waals surface area contributed by atoms with E-state index in [1.165, 1.54) is 48.6 Å². The summed E-state index contributed by atoms with van der Waals surface area (Å²) in [5.41, 5.74) is 2.90. The Kier molecular flexibility index (Phi) is 6.74. The molecule has 20 heavy (non-hydrogen) atoms. The SMILES string of the molecule is CCCC1CN(CCCSCC)c2ccccc2CN1. The number of nitrogens with zero attached hydrogens (tertiary/aromatic N) is 1. The van der Waals surface area contributed by atoms with E-state index in [2.05, 4.69) is 60.1 Å². The Morgan fingerprint density at radius 2 is 2.15 bits per heavy atom. The van der Waals surface area contributed by atoms with Crippen LogP contribution >= 0.6 is 11.8 Å². The zero-order chi connectivity index (χ0) is 14.2. The zero-order valence-electron chi connectivity index (χ0n) is 12.9. The van der Waals surface area contributed by atoms with Crippen LogP contribution in [0.5, 0.6) is 0 Å². The van der Waals surface area contributed by atoms with Crippen molar-refractivity contribution < 1.29 is 0 Å². The van der Waals surface area contributed by atoms with Gasteiger partial charge in [0.15, 0.2) is 0 Å². The second-order valence-corrected chi connectivity index (χ2v) is 6.89. The normalized spacial score (nSPS) is 18.7. The van der Waals surface area contributed by atoms with E-state index in [-0.39, 0.29) is 0 Å². The molecule has 0 amide bonds. The highest BCUT2D eigenvalue weighted by Crippen LogP contribution is 2.24. The lowest BCUT2D eigenvalue weighted by Gasteiger charge is -2.27. The number of benzene rings is 1. The topological polar surface area (TPSA) is 15.3 Å². The number of para-hydroxylation sites is 1. The van der Waals surface area contributed by atoms with Gasteiger partial charge in [0.2, 0.25) is 0 Å². The molecule has 1 N–H and O–H groups in total. The Labute approximate surface area is 128 Å². The minimum absolute atomic E-state index is 0.631. The molecule has 0 aliphatic carbocycles. The summed E-state index contributed by atoms with van der Waals surface area (Å²) in [6.07, 6.45) is 3.81. The molecule has 1 heterocycles. The number of nitrogens with one attached hydrogen (secondary N) is 1. The monoisotopic (exact) mass is 292 g/mol. The van der Waals surface area contributed by atoms with Crippen LogP contribution in [-0.2, 0) is 6.54 Å². The summed E-state index contributed by atoms with van der Waals surface area (Å²) in [4.78, 5) is 2.60. The van der Waals surface area contributed by atoms with Crippen molar-refractivity contribution in [1.29, 1.82) is 0 Å². The Balaban J connectivity index is 2.03. The van der Waals surface area contributed by atoms with E-state index in [4.69, 9.17) is 0 Å². The number of anilines is 1. The van der Waals surface area contributed by atoms with Crippen LogP contribution in [0, 0.1) is 0 Å². The average molecular weight is 292 g/mol. The predicted octanol–water partition coefficient (Wildman–Crippen LogP) is 3.91. The maximum atomic E-state index is 3.72. The molecule has 1 unspecified atom stereocenters. The van der Waals surface area contributed by atoms with Gasteiger partial charge in [-0.1, -0.05) is 38.5 Å². The molecule has 1 aliphatic heterocycles. The van der Waals surface area contributed by atoms with E-state index < -0.39 is 0 Å². The van der Waals surface area contributed by atoms with E-state index in [1.807, 2.05) is 0 Å². The molecular formula is C17H28N2S. The zero-order valence-corrected chi connectivity index (χ0v) is 13.7. The van der Waals surface area contributed by atoms with Gasteiger partial charge in [0, 0.05) is 31.4 Å². The fourth-order valence-corrected chi connectivity index (χ4v) is 3.53. The highest BCUT2D eigenvalue weighted by Gasteiger charge is 2.20. The van der Waals surface area contributed by atoms with Crippen molar-refractivity contribution in [3.05, 3.63) is 29.8 Å². The van der Waals surface area contributed by atoms with E-state index in [1.54, 1.807) is 0 Å². The van der Waals surface area contributed by atoms with E-state index in [0.29, 0.717) is 6.04 Å². The number of fused-ring (bicyclic) bond motifs is 1. The number of hydrogen-bond acceptors (Lipinski definition) is 3. The summed E-state index contributed by atoms with van der Waals surface area (Å²) in [5, 5.41) is 3.72. The van der Waals surface area contributed by atoms with Gasteiger partial charge in [-0.05, 0) is 36.0 Å². The van der Waals surface area contributed by atoms with Gasteiger partial charge in [-0.2, -0.15) is 11.8 Å². The first-order valence-electron chi connectivity index (χ1n) is 7.99. The molecular weight excluding hydrogens is 264 g/mol. The van der Waals surface area contributed by atoms with Gasteiger partial charge in [0.25, 0.3) is 0 Å². The molecule has 0 saturated heterocycles. The third kappa shape index (κ3) is 4.42.